The summed E-state index contributed by atoms with van der Waals surface area (Å²) in [5.41, 5.74) is 1.12. The van der Waals surface area contributed by atoms with Gasteiger partial charge in [0, 0.05) is 17.2 Å². The molecule has 2 aromatic carbocycles. The molecule has 0 radical (unpaired) electrons. The van der Waals surface area contributed by atoms with Crippen molar-refractivity contribution in [3.63, 3.8) is 0 Å². The highest BCUT2D eigenvalue weighted by Gasteiger charge is 2.09. The summed E-state index contributed by atoms with van der Waals surface area (Å²) in [6, 6.07) is 9.34. The van der Waals surface area contributed by atoms with Crippen molar-refractivity contribution in [3.8, 4) is 17.2 Å². The lowest BCUT2D eigenvalue weighted by atomic mass is 10.1. The second-order valence-corrected chi connectivity index (χ2v) is 4.98. The molecule has 0 aliphatic rings. The molecule has 0 fully saturated rings. The topological polar surface area (TPSA) is 54.0 Å². The third-order valence-corrected chi connectivity index (χ3v) is 3.44. The molecule has 0 bridgehead atoms. The molecule has 0 aromatic heterocycles. The Morgan fingerprint density at radius 2 is 1.80 bits per heavy atom. The molecule has 0 heterocycles. The Labute approximate surface area is 145 Å². The summed E-state index contributed by atoms with van der Waals surface area (Å²) in [5, 5.41) is 0. The van der Waals surface area contributed by atoms with Crippen LogP contribution < -0.4 is 14.2 Å². The van der Waals surface area contributed by atoms with E-state index in [4.69, 9.17) is 18.9 Å². The summed E-state index contributed by atoms with van der Waals surface area (Å²) in [6.45, 7) is -0.0979. The van der Waals surface area contributed by atoms with Gasteiger partial charge in [0.1, 0.15) is 18.2 Å². The van der Waals surface area contributed by atoms with Crippen molar-refractivity contribution in [1.82, 2.24) is 0 Å². The quantitative estimate of drug-likeness (QED) is 0.566. The van der Waals surface area contributed by atoms with Crippen LogP contribution in [0.2, 0.25) is 0 Å². The van der Waals surface area contributed by atoms with Crippen molar-refractivity contribution in [2.45, 2.75) is 6.61 Å². The zero-order chi connectivity index (χ0) is 18.2. The Morgan fingerprint density at radius 3 is 2.48 bits per heavy atom. The fraction of sp³-hybridized carbons (Fsp3) is 0.211. The number of hydrogen-bond donors (Lipinski definition) is 0. The second kappa shape index (κ2) is 8.73. The lowest BCUT2D eigenvalue weighted by Gasteiger charge is -2.10. The largest absolute Gasteiger partial charge is 0.496 e. The van der Waals surface area contributed by atoms with Crippen molar-refractivity contribution in [1.29, 1.82) is 0 Å². The minimum atomic E-state index is -0.573. The van der Waals surface area contributed by atoms with Crippen molar-refractivity contribution >= 4 is 12.0 Å². The molecule has 0 aliphatic heterocycles. The number of benzene rings is 2. The number of para-hydroxylation sites is 1. The van der Waals surface area contributed by atoms with Crippen LogP contribution in [0.15, 0.2) is 42.5 Å². The average Bonchev–Trinajstić information content (AvgIpc) is 2.64. The molecule has 5 nitrogen and oxygen atoms in total. The number of halogens is 1. The highest BCUT2D eigenvalue weighted by Crippen LogP contribution is 2.31. The molecular weight excluding hydrogens is 327 g/mol. The van der Waals surface area contributed by atoms with Crippen LogP contribution in [0.5, 0.6) is 17.2 Å². The Bertz CT molecular complexity index is 770. The highest BCUT2D eigenvalue weighted by molar-refractivity contribution is 5.87. The van der Waals surface area contributed by atoms with E-state index in [-0.39, 0.29) is 6.61 Å². The monoisotopic (exact) mass is 346 g/mol. The molecule has 0 unspecified atom stereocenters. The number of rotatable bonds is 7. The minimum absolute atomic E-state index is 0.0979. The van der Waals surface area contributed by atoms with Crippen molar-refractivity contribution in [2.75, 3.05) is 21.3 Å². The summed E-state index contributed by atoms with van der Waals surface area (Å²) in [5.74, 6) is 0.524. The maximum absolute atomic E-state index is 13.3. The van der Waals surface area contributed by atoms with Gasteiger partial charge >= 0.3 is 5.97 Å². The maximum atomic E-state index is 13.3. The van der Waals surface area contributed by atoms with E-state index in [1.165, 1.54) is 45.6 Å². The highest BCUT2D eigenvalue weighted by atomic mass is 19.1. The first-order chi connectivity index (χ1) is 12.1. The van der Waals surface area contributed by atoms with Crippen molar-refractivity contribution in [2.24, 2.45) is 0 Å². The van der Waals surface area contributed by atoms with Gasteiger partial charge in [0.2, 0.25) is 0 Å². The Kier molecular flexibility index (Phi) is 6.39. The Hall–Kier alpha value is -3.02. The van der Waals surface area contributed by atoms with Gasteiger partial charge in [-0.25, -0.2) is 9.18 Å². The van der Waals surface area contributed by atoms with Gasteiger partial charge in [-0.1, -0.05) is 12.1 Å². The molecule has 132 valence electrons. The molecule has 25 heavy (non-hydrogen) atoms. The van der Waals surface area contributed by atoms with E-state index in [1.807, 2.05) is 0 Å². The molecular formula is C19H19FO5. The van der Waals surface area contributed by atoms with Crippen molar-refractivity contribution < 1.29 is 28.1 Å². The normalized spacial score (nSPS) is 10.6. The third-order valence-electron chi connectivity index (χ3n) is 3.44. The molecule has 6 heteroatoms. The first-order valence-electron chi connectivity index (χ1n) is 7.47. The summed E-state index contributed by atoms with van der Waals surface area (Å²) < 4.78 is 34.0. The van der Waals surface area contributed by atoms with Crippen LogP contribution in [-0.4, -0.2) is 27.3 Å². The van der Waals surface area contributed by atoms with Gasteiger partial charge < -0.3 is 18.9 Å². The van der Waals surface area contributed by atoms with Crippen LogP contribution in [0.3, 0.4) is 0 Å². The molecule has 0 saturated heterocycles. The smallest absolute Gasteiger partial charge is 0.331 e. The van der Waals surface area contributed by atoms with Crippen LogP contribution in [0, 0.1) is 5.82 Å². The Balaban J connectivity index is 2.06. The summed E-state index contributed by atoms with van der Waals surface area (Å²) >= 11 is 0. The zero-order valence-electron chi connectivity index (χ0n) is 14.2. The van der Waals surface area contributed by atoms with Gasteiger partial charge in [0.15, 0.2) is 11.5 Å². The number of hydrogen-bond acceptors (Lipinski definition) is 5. The molecule has 0 N–H and O–H groups in total. The number of esters is 1. The fourth-order valence-corrected chi connectivity index (χ4v) is 2.26. The first-order valence-corrected chi connectivity index (χ1v) is 7.47. The van der Waals surface area contributed by atoms with Crippen LogP contribution >= 0.6 is 0 Å². The van der Waals surface area contributed by atoms with Gasteiger partial charge in [-0.3, -0.25) is 0 Å². The molecule has 2 aromatic rings. The fourth-order valence-electron chi connectivity index (χ4n) is 2.26. The lowest BCUT2D eigenvalue weighted by Crippen LogP contribution is -2.03. The lowest BCUT2D eigenvalue weighted by molar-refractivity contribution is -0.138. The predicted octanol–water partition coefficient (Wildman–Crippen LogP) is 3.61. The molecule has 0 aliphatic carbocycles. The van der Waals surface area contributed by atoms with E-state index in [2.05, 4.69) is 0 Å². The summed E-state index contributed by atoms with van der Waals surface area (Å²) in [4.78, 5) is 11.9. The van der Waals surface area contributed by atoms with E-state index < -0.39 is 11.8 Å². The number of carbonyl (C=O) groups excluding carboxylic acids is 1. The standard InChI is InChI=1S/C19H19FO5/c1-22-16-9-8-15(20)11-14(16)12-25-18(21)10-7-13-5-4-6-17(23-2)19(13)24-3/h4-11H,12H2,1-3H3/b10-7+. The SMILES string of the molecule is COc1ccc(F)cc1COC(=O)/C=C/c1cccc(OC)c1OC. The van der Waals surface area contributed by atoms with E-state index in [1.54, 1.807) is 24.3 Å². The van der Waals surface area contributed by atoms with E-state index in [0.29, 0.717) is 28.4 Å². The predicted molar refractivity (Wildman–Crippen MR) is 91.3 cm³/mol. The van der Waals surface area contributed by atoms with Crippen molar-refractivity contribution in [3.05, 3.63) is 59.4 Å². The molecule has 0 amide bonds. The maximum Gasteiger partial charge on any atom is 0.331 e. The number of carbonyl (C=O) groups is 1. The van der Waals surface area contributed by atoms with Gasteiger partial charge in [-0.15, -0.1) is 0 Å². The third kappa shape index (κ3) is 4.73. The van der Waals surface area contributed by atoms with Crippen LogP contribution in [-0.2, 0) is 16.1 Å². The van der Waals surface area contributed by atoms with E-state index in [9.17, 15) is 9.18 Å². The van der Waals surface area contributed by atoms with E-state index in [0.717, 1.165) is 0 Å². The molecule has 0 saturated carbocycles. The summed E-state index contributed by atoms with van der Waals surface area (Å²) in [7, 11) is 4.52. The van der Waals surface area contributed by atoms with Crippen LogP contribution in [0.1, 0.15) is 11.1 Å². The second-order valence-electron chi connectivity index (χ2n) is 4.98. The zero-order valence-corrected chi connectivity index (χ0v) is 14.2. The van der Waals surface area contributed by atoms with Crippen LogP contribution in [0.25, 0.3) is 6.08 Å². The minimum Gasteiger partial charge on any atom is -0.496 e. The Morgan fingerprint density at radius 1 is 1.04 bits per heavy atom. The van der Waals surface area contributed by atoms with Gasteiger partial charge in [-0.2, -0.15) is 0 Å². The van der Waals surface area contributed by atoms with Gasteiger partial charge in [-0.05, 0) is 30.3 Å². The van der Waals surface area contributed by atoms with Gasteiger partial charge in [0.05, 0.1) is 21.3 Å². The molecule has 0 spiro atoms. The molecule has 0 atom stereocenters. The summed E-state index contributed by atoms with van der Waals surface area (Å²) in [6.07, 6.45) is 2.83. The average molecular weight is 346 g/mol. The van der Waals surface area contributed by atoms with Crippen LogP contribution in [0.4, 0.5) is 4.39 Å². The van der Waals surface area contributed by atoms with Gasteiger partial charge in [0.25, 0.3) is 0 Å². The first kappa shape index (κ1) is 18.3. The van der Waals surface area contributed by atoms with E-state index >= 15 is 0 Å². The number of methoxy groups -OCH3 is 3. The molecule has 2 rings (SSSR count). The number of ether oxygens (including phenoxy) is 4.